The molecule has 0 amide bonds. The van der Waals surface area contributed by atoms with Crippen molar-refractivity contribution in [3.8, 4) is 0 Å². The van der Waals surface area contributed by atoms with Crippen LogP contribution < -0.4 is 10.6 Å². The summed E-state index contributed by atoms with van der Waals surface area (Å²) in [7, 11) is 1.39. The summed E-state index contributed by atoms with van der Waals surface area (Å²) in [6.45, 7) is 4.96. The van der Waals surface area contributed by atoms with Gasteiger partial charge >= 0.3 is 5.97 Å². The first-order valence-electron chi connectivity index (χ1n) is 7.88. The molecule has 1 saturated carbocycles. The Balaban J connectivity index is 2.36. The minimum atomic E-state index is -0.344. The van der Waals surface area contributed by atoms with Gasteiger partial charge in [-0.1, -0.05) is 11.6 Å². The van der Waals surface area contributed by atoms with Gasteiger partial charge in [0, 0.05) is 29.3 Å². The van der Waals surface area contributed by atoms with Crippen LogP contribution in [0.4, 0.5) is 5.69 Å². The Labute approximate surface area is 137 Å². The molecular weight excluding hydrogens is 300 g/mol. The van der Waals surface area contributed by atoms with Crippen LogP contribution in [0, 0.1) is 6.92 Å². The topological polar surface area (TPSA) is 55.6 Å². The lowest BCUT2D eigenvalue weighted by atomic mass is 9.90. The number of hydrogen-bond acceptors (Lipinski definition) is 4. The van der Waals surface area contributed by atoms with Gasteiger partial charge in [-0.25, -0.2) is 4.79 Å². The summed E-state index contributed by atoms with van der Waals surface area (Å²) in [4.78, 5) is 14.3. The van der Waals surface area contributed by atoms with Crippen LogP contribution in [0.5, 0.6) is 0 Å². The summed E-state index contributed by atoms with van der Waals surface area (Å²) in [5.74, 6) is -0.344. The van der Waals surface area contributed by atoms with Crippen LogP contribution in [0.1, 0.15) is 48.5 Å². The number of esters is 1. The van der Waals surface area contributed by atoms with Crippen LogP contribution in [0.3, 0.4) is 0 Å². The van der Waals surface area contributed by atoms with Crippen molar-refractivity contribution in [1.29, 1.82) is 0 Å². The van der Waals surface area contributed by atoms with E-state index >= 15 is 0 Å². The van der Waals surface area contributed by atoms with Crippen molar-refractivity contribution < 1.29 is 9.53 Å². The molecule has 5 heteroatoms. The first-order valence-corrected chi connectivity index (χ1v) is 8.26. The molecular formula is C17H25ClN2O2. The molecule has 1 aromatic rings. The molecule has 0 saturated heterocycles. The third-order valence-electron chi connectivity index (χ3n) is 4.58. The molecule has 1 aliphatic rings. The van der Waals surface area contributed by atoms with Gasteiger partial charge in [-0.3, -0.25) is 0 Å². The summed E-state index contributed by atoms with van der Waals surface area (Å²) in [6, 6.07) is 4.39. The van der Waals surface area contributed by atoms with E-state index in [-0.39, 0.29) is 5.97 Å². The van der Waals surface area contributed by atoms with E-state index in [4.69, 9.17) is 22.1 Å². The van der Waals surface area contributed by atoms with Gasteiger partial charge in [0.15, 0.2) is 0 Å². The summed E-state index contributed by atoms with van der Waals surface area (Å²) in [6.07, 6.45) is 4.25. The second kappa shape index (κ2) is 7.34. The molecule has 2 rings (SSSR count). The lowest BCUT2D eigenvalue weighted by molar-refractivity contribution is 0.0600. The van der Waals surface area contributed by atoms with Crippen molar-refractivity contribution in [3.63, 3.8) is 0 Å². The van der Waals surface area contributed by atoms with Crippen molar-refractivity contribution >= 4 is 23.3 Å². The zero-order valence-corrected chi connectivity index (χ0v) is 14.3. The number of nitrogens with zero attached hydrogens (tertiary/aromatic N) is 1. The van der Waals surface area contributed by atoms with Crippen LogP contribution in [0.25, 0.3) is 0 Å². The van der Waals surface area contributed by atoms with Crippen LogP contribution in [-0.4, -0.2) is 31.7 Å². The smallest absolute Gasteiger partial charge is 0.338 e. The fourth-order valence-corrected chi connectivity index (χ4v) is 3.54. The quantitative estimate of drug-likeness (QED) is 0.861. The molecule has 2 N–H and O–H groups in total. The molecule has 0 aromatic heterocycles. The molecule has 1 fully saturated rings. The summed E-state index contributed by atoms with van der Waals surface area (Å²) >= 11 is 6.23. The van der Waals surface area contributed by atoms with Gasteiger partial charge < -0.3 is 15.4 Å². The number of ether oxygens (including phenoxy) is 1. The minimum absolute atomic E-state index is 0.320. The van der Waals surface area contributed by atoms with Gasteiger partial charge in [0.1, 0.15) is 0 Å². The van der Waals surface area contributed by atoms with Gasteiger partial charge in [0.25, 0.3) is 0 Å². The molecule has 1 aromatic carbocycles. The molecule has 4 nitrogen and oxygen atoms in total. The van der Waals surface area contributed by atoms with E-state index in [2.05, 4.69) is 11.8 Å². The van der Waals surface area contributed by atoms with Crippen molar-refractivity contribution in [3.05, 3.63) is 28.3 Å². The maximum absolute atomic E-state index is 12.0. The molecule has 0 aliphatic heterocycles. The van der Waals surface area contributed by atoms with Gasteiger partial charge in [-0.15, -0.1) is 0 Å². The number of hydrogen-bond donors (Lipinski definition) is 1. The number of halogens is 1. The third-order valence-corrected chi connectivity index (χ3v) is 4.80. The third kappa shape index (κ3) is 3.55. The first-order chi connectivity index (χ1) is 10.5. The summed E-state index contributed by atoms with van der Waals surface area (Å²) in [5, 5.41) is 0.562. The maximum atomic E-state index is 12.0. The Bertz CT molecular complexity index is 540. The van der Waals surface area contributed by atoms with Crippen LogP contribution in [0.2, 0.25) is 5.02 Å². The van der Waals surface area contributed by atoms with E-state index in [0.29, 0.717) is 22.7 Å². The number of nitrogens with two attached hydrogens (primary N) is 1. The zero-order valence-electron chi connectivity index (χ0n) is 13.6. The lowest BCUT2D eigenvalue weighted by Crippen LogP contribution is -2.41. The average Bonchev–Trinajstić information content (AvgIpc) is 2.52. The number of methoxy groups -OCH3 is 1. The Kier molecular flexibility index (Phi) is 5.70. The highest BCUT2D eigenvalue weighted by atomic mass is 35.5. The molecule has 0 unspecified atom stereocenters. The second-order valence-electron chi connectivity index (χ2n) is 5.94. The Morgan fingerprint density at radius 1 is 1.36 bits per heavy atom. The van der Waals surface area contributed by atoms with E-state index in [1.165, 1.54) is 7.11 Å². The molecule has 0 spiro atoms. The monoisotopic (exact) mass is 324 g/mol. The van der Waals surface area contributed by atoms with E-state index in [0.717, 1.165) is 43.5 Å². The van der Waals surface area contributed by atoms with Gasteiger partial charge in [-0.2, -0.15) is 0 Å². The van der Waals surface area contributed by atoms with Gasteiger partial charge in [0.2, 0.25) is 0 Å². The van der Waals surface area contributed by atoms with Crippen molar-refractivity contribution in [2.75, 3.05) is 18.6 Å². The molecule has 122 valence electrons. The lowest BCUT2D eigenvalue weighted by Gasteiger charge is -2.38. The minimum Gasteiger partial charge on any atom is -0.465 e. The zero-order chi connectivity index (χ0) is 16.3. The summed E-state index contributed by atoms with van der Waals surface area (Å²) < 4.78 is 4.87. The fourth-order valence-electron chi connectivity index (χ4n) is 3.32. The number of anilines is 1. The van der Waals surface area contributed by atoms with Crippen LogP contribution >= 0.6 is 11.6 Å². The predicted octanol–water partition coefficient (Wildman–Crippen LogP) is 3.53. The predicted molar refractivity (Wildman–Crippen MR) is 90.8 cm³/mol. The molecule has 0 bridgehead atoms. The molecule has 0 atom stereocenters. The number of rotatable bonds is 4. The highest BCUT2D eigenvalue weighted by Gasteiger charge is 2.26. The van der Waals surface area contributed by atoms with E-state index < -0.39 is 0 Å². The van der Waals surface area contributed by atoms with Crippen molar-refractivity contribution in [1.82, 2.24) is 0 Å². The normalized spacial score (nSPS) is 21.5. The van der Waals surface area contributed by atoms with Crippen molar-refractivity contribution in [2.45, 2.75) is 51.6 Å². The van der Waals surface area contributed by atoms with Gasteiger partial charge in [0.05, 0.1) is 12.7 Å². The Morgan fingerprint density at radius 2 is 2.00 bits per heavy atom. The number of carbonyl (C=O) groups excluding carboxylic acids is 1. The van der Waals surface area contributed by atoms with Crippen LogP contribution in [0.15, 0.2) is 12.1 Å². The van der Waals surface area contributed by atoms with Crippen LogP contribution in [-0.2, 0) is 4.74 Å². The highest BCUT2D eigenvalue weighted by Crippen LogP contribution is 2.33. The molecule has 1 aliphatic carbocycles. The largest absolute Gasteiger partial charge is 0.465 e. The fraction of sp³-hybridized carbons (Fsp3) is 0.588. The highest BCUT2D eigenvalue weighted by molar-refractivity contribution is 6.31. The molecule has 22 heavy (non-hydrogen) atoms. The Hall–Kier alpha value is -1.26. The average molecular weight is 325 g/mol. The van der Waals surface area contributed by atoms with E-state index in [9.17, 15) is 4.79 Å². The van der Waals surface area contributed by atoms with Crippen molar-refractivity contribution in [2.24, 2.45) is 5.73 Å². The first kappa shape index (κ1) is 17.1. The number of carbonyl (C=O) groups is 1. The number of benzene rings is 1. The Morgan fingerprint density at radius 3 is 2.55 bits per heavy atom. The van der Waals surface area contributed by atoms with Gasteiger partial charge in [-0.05, 0) is 57.2 Å². The van der Waals surface area contributed by atoms with E-state index in [1.807, 2.05) is 13.0 Å². The second-order valence-corrected chi connectivity index (χ2v) is 6.38. The standard InChI is InChI=1S/C17H25ClN2O2/c1-4-20(14-7-5-13(19)6-8-14)16-10-12(18)9-15(11(16)2)17(21)22-3/h9-10,13-14H,4-8,19H2,1-3H3/t13-,14-. The van der Waals surface area contributed by atoms with E-state index in [1.54, 1.807) is 6.07 Å². The summed E-state index contributed by atoms with van der Waals surface area (Å²) in [5.41, 5.74) is 8.50. The molecule has 0 heterocycles. The molecule has 0 radical (unpaired) electrons. The SMILES string of the molecule is CCN(c1cc(Cl)cc(C(=O)OC)c1C)[C@H]1CC[C@H](N)CC1. The maximum Gasteiger partial charge on any atom is 0.338 e.